The molecule has 5 rings (SSSR count). The van der Waals surface area contributed by atoms with Gasteiger partial charge in [-0.2, -0.15) is 0 Å². The van der Waals surface area contributed by atoms with Crippen LogP contribution in [0.15, 0.2) is 47.5 Å². The van der Waals surface area contributed by atoms with E-state index in [9.17, 15) is 9.59 Å². The average Bonchev–Trinajstić information content (AvgIpc) is 3.15. The molecule has 2 aliphatic rings. The summed E-state index contributed by atoms with van der Waals surface area (Å²) >= 11 is 6.47. The van der Waals surface area contributed by atoms with E-state index in [1.54, 1.807) is 35.5 Å². The smallest absolute Gasteiger partial charge is 0.322 e. The van der Waals surface area contributed by atoms with E-state index in [1.165, 1.54) is 12.1 Å². The summed E-state index contributed by atoms with van der Waals surface area (Å²) in [5, 5.41) is 2.99. The number of carbonyl (C=O) groups excluding carboxylic acids is 1. The number of anilines is 1. The Morgan fingerprint density at radius 1 is 1.31 bits per heavy atom. The Kier molecular flexibility index (Phi) is 6.23. The van der Waals surface area contributed by atoms with E-state index < -0.39 is 5.82 Å². The first kappa shape index (κ1) is 23.4. The first-order chi connectivity index (χ1) is 16.8. The van der Waals surface area contributed by atoms with Crippen molar-refractivity contribution in [2.75, 3.05) is 11.9 Å². The Bertz CT molecular complexity index is 1330. The molecule has 4 heterocycles. The first-order valence-corrected chi connectivity index (χ1v) is 12.1. The summed E-state index contributed by atoms with van der Waals surface area (Å²) in [4.78, 5) is 33.6. The van der Waals surface area contributed by atoms with Crippen molar-refractivity contribution in [3.8, 4) is 17.0 Å². The van der Waals surface area contributed by atoms with Crippen LogP contribution < -0.4 is 15.6 Å². The third-order valence-electron chi connectivity index (χ3n) is 6.51. The zero-order valence-corrected chi connectivity index (χ0v) is 20.2. The monoisotopic (exact) mass is 496 g/mol. The van der Waals surface area contributed by atoms with E-state index in [0.717, 1.165) is 24.0 Å². The SMILES string of the molecule is CC(C)COc1ccc(-c2cc(F)c(NC(=O)N3C4CC[C@@H]3c3c[nH]c(=O)cc3C4)cc2Cl)cn1. The highest BCUT2D eigenvalue weighted by molar-refractivity contribution is 6.33. The van der Waals surface area contributed by atoms with Crippen LogP contribution in [0.2, 0.25) is 5.02 Å². The van der Waals surface area contributed by atoms with Gasteiger partial charge in [0.25, 0.3) is 0 Å². The lowest BCUT2D eigenvalue weighted by Crippen LogP contribution is -2.44. The molecule has 182 valence electrons. The lowest BCUT2D eigenvalue weighted by atomic mass is 9.95. The molecule has 1 saturated heterocycles. The number of ether oxygens (including phenoxy) is 1. The predicted molar refractivity (Wildman–Crippen MR) is 132 cm³/mol. The zero-order chi connectivity index (χ0) is 24.7. The van der Waals surface area contributed by atoms with Gasteiger partial charge >= 0.3 is 6.03 Å². The number of nitrogens with zero attached hydrogens (tertiary/aromatic N) is 2. The van der Waals surface area contributed by atoms with Crippen molar-refractivity contribution in [1.29, 1.82) is 0 Å². The van der Waals surface area contributed by atoms with E-state index in [2.05, 4.69) is 15.3 Å². The van der Waals surface area contributed by atoms with Crippen molar-refractivity contribution in [3.63, 3.8) is 0 Å². The van der Waals surface area contributed by atoms with Crippen LogP contribution in [0.4, 0.5) is 14.9 Å². The minimum Gasteiger partial charge on any atom is -0.477 e. The highest BCUT2D eigenvalue weighted by Gasteiger charge is 2.43. The Morgan fingerprint density at radius 3 is 2.89 bits per heavy atom. The summed E-state index contributed by atoms with van der Waals surface area (Å²) in [6.07, 6.45) is 5.50. The fourth-order valence-electron chi connectivity index (χ4n) is 4.88. The highest BCUT2D eigenvalue weighted by atomic mass is 35.5. The minimum absolute atomic E-state index is 0.0141. The molecule has 35 heavy (non-hydrogen) atoms. The quantitative estimate of drug-likeness (QED) is 0.484. The molecule has 7 nitrogen and oxygen atoms in total. The Hall–Kier alpha value is -3.39. The fraction of sp³-hybridized carbons (Fsp3) is 0.346. The molecule has 9 heteroatoms. The van der Waals surface area contributed by atoms with Crippen molar-refractivity contribution in [2.24, 2.45) is 5.92 Å². The first-order valence-electron chi connectivity index (χ1n) is 11.7. The lowest BCUT2D eigenvalue weighted by molar-refractivity contribution is 0.179. The molecule has 3 aromatic rings. The Balaban J connectivity index is 1.34. The number of carbonyl (C=O) groups is 1. The van der Waals surface area contributed by atoms with Crippen LogP contribution in [-0.4, -0.2) is 33.5 Å². The molecule has 2 aromatic heterocycles. The molecular formula is C26H26ClFN4O3. The van der Waals surface area contributed by atoms with Crippen molar-refractivity contribution >= 4 is 23.3 Å². The maximum atomic E-state index is 15.0. The fourth-order valence-corrected chi connectivity index (χ4v) is 5.16. The summed E-state index contributed by atoms with van der Waals surface area (Å²) in [6, 6.07) is 7.25. The van der Waals surface area contributed by atoms with E-state index in [4.69, 9.17) is 16.3 Å². The topological polar surface area (TPSA) is 87.3 Å². The number of halogens is 2. The van der Waals surface area contributed by atoms with Gasteiger partial charge in [0, 0.05) is 41.7 Å². The van der Waals surface area contributed by atoms with Gasteiger partial charge < -0.3 is 19.9 Å². The normalized spacial score (nSPS) is 18.5. The molecule has 1 unspecified atom stereocenters. The third-order valence-corrected chi connectivity index (χ3v) is 6.82. The second-order valence-corrected chi connectivity index (χ2v) is 9.88. The standard InChI is InChI=1S/C26H26ClFN4O3/c1-14(2)13-35-25-6-3-15(11-30-25)18-9-21(28)22(10-20(18)27)31-26(34)32-17-4-5-23(32)19-12-29-24(33)8-16(19)7-17/h3,6,8-12,14,17,23H,4-5,7,13H2,1-2H3,(H,29,33)(H,31,34)/t17?,23-/m1/s1. The summed E-state index contributed by atoms with van der Waals surface area (Å²) in [5.74, 6) is 0.276. The molecule has 0 aliphatic carbocycles. The zero-order valence-electron chi connectivity index (χ0n) is 19.5. The lowest BCUT2D eigenvalue weighted by Gasteiger charge is -2.36. The van der Waals surface area contributed by atoms with Gasteiger partial charge in [0.1, 0.15) is 5.82 Å². The van der Waals surface area contributed by atoms with Gasteiger partial charge in [-0.15, -0.1) is 0 Å². The van der Waals surface area contributed by atoms with E-state index in [-0.39, 0.29) is 29.4 Å². The van der Waals surface area contributed by atoms with Crippen LogP contribution >= 0.6 is 11.6 Å². The number of urea groups is 1. The van der Waals surface area contributed by atoms with Crippen LogP contribution in [0.3, 0.4) is 0 Å². The maximum absolute atomic E-state index is 15.0. The highest BCUT2D eigenvalue weighted by Crippen LogP contribution is 2.43. The molecule has 2 aliphatic heterocycles. The number of amides is 2. The molecule has 1 aromatic carbocycles. The summed E-state index contributed by atoms with van der Waals surface area (Å²) in [5.41, 5.74) is 2.89. The van der Waals surface area contributed by atoms with Crippen LogP contribution in [-0.2, 0) is 6.42 Å². The van der Waals surface area contributed by atoms with Gasteiger partial charge in [0.05, 0.1) is 23.4 Å². The van der Waals surface area contributed by atoms with E-state index in [1.807, 2.05) is 13.8 Å². The number of hydrogen-bond donors (Lipinski definition) is 2. The van der Waals surface area contributed by atoms with Gasteiger partial charge in [-0.25, -0.2) is 14.2 Å². The van der Waals surface area contributed by atoms with E-state index >= 15 is 4.39 Å². The maximum Gasteiger partial charge on any atom is 0.322 e. The third kappa shape index (κ3) is 4.62. The van der Waals surface area contributed by atoms with Gasteiger partial charge in [0.2, 0.25) is 11.4 Å². The van der Waals surface area contributed by atoms with E-state index in [0.29, 0.717) is 41.0 Å². The van der Waals surface area contributed by atoms with Crippen LogP contribution in [0, 0.1) is 11.7 Å². The molecule has 0 spiro atoms. The molecule has 0 saturated carbocycles. The number of nitrogens with one attached hydrogen (secondary N) is 2. The number of hydrogen-bond acceptors (Lipinski definition) is 4. The summed E-state index contributed by atoms with van der Waals surface area (Å²) < 4.78 is 20.6. The van der Waals surface area contributed by atoms with Crippen molar-refractivity contribution in [3.05, 3.63) is 75.0 Å². The molecule has 2 atom stereocenters. The molecule has 2 N–H and O–H groups in total. The second kappa shape index (κ2) is 9.34. The van der Waals surface area contributed by atoms with Crippen molar-refractivity contribution < 1.29 is 13.9 Å². The number of benzene rings is 1. The number of H-pyrrole nitrogens is 1. The molecule has 2 amide bonds. The summed E-state index contributed by atoms with van der Waals surface area (Å²) in [6.45, 7) is 4.65. The second-order valence-electron chi connectivity index (χ2n) is 9.47. The molecular weight excluding hydrogens is 471 g/mol. The number of pyridine rings is 2. The summed E-state index contributed by atoms with van der Waals surface area (Å²) in [7, 11) is 0. The van der Waals surface area contributed by atoms with Crippen molar-refractivity contribution in [1.82, 2.24) is 14.9 Å². The number of aromatic nitrogens is 2. The largest absolute Gasteiger partial charge is 0.477 e. The molecule has 0 radical (unpaired) electrons. The number of fused-ring (bicyclic) bond motifs is 4. The Labute approximate surface area is 207 Å². The van der Waals surface area contributed by atoms with Crippen LogP contribution in [0.25, 0.3) is 11.1 Å². The minimum atomic E-state index is -0.591. The molecule has 1 fully saturated rings. The van der Waals surface area contributed by atoms with Crippen LogP contribution in [0.5, 0.6) is 5.88 Å². The average molecular weight is 497 g/mol. The van der Waals surface area contributed by atoms with Gasteiger partial charge in [-0.1, -0.05) is 25.4 Å². The van der Waals surface area contributed by atoms with Gasteiger partial charge in [-0.3, -0.25) is 4.79 Å². The van der Waals surface area contributed by atoms with Gasteiger partial charge in [-0.05, 0) is 54.5 Å². The van der Waals surface area contributed by atoms with Gasteiger partial charge in [0.15, 0.2) is 0 Å². The number of aromatic amines is 1. The predicted octanol–water partition coefficient (Wildman–Crippen LogP) is 5.56. The molecule has 2 bridgehead atoms. The van der Waals surface area contributed by atoms with Crippen molar-refractivity contribution in [2.45, 2.75) is 45.2 Å². The number of rotatable bonds is 5. The van der Waals surface area contributed by atoms with Crippen LogP contribution in [0.1, 0.15) is 43.9 Å². The Morgan fingerprint density at radius 2 is 2.14 bits per heavy atom.